The average Bonchev–Trinajstić information content (AvgIpc) is 3.02. The summed E-state index contributed by atoms with van der Waals surface area (Å²) in [6.45, 7) is 0.425. The molecule has 1 heterocycles. The van der Waals surface area contributed by atoms with Crippen molar-refractivity contribution in [3.63, 3.8) is 0 Å². The minimum absolute atomic E-state index is 0.0264. The molecule has 0 radical (unpaired) electrons. The van der Waals surface area contributed by atoms with Crippen LogP contribution in [0.4, 0.5) is 0 Å². The monoisotopic (exact) mass is 324 g/mol. The fourth-order valence-corrected chi connectivity index (χ4v) is 2.68. The first-order valence-electron chi connectivity index (χ1n) is 7.73. The Hall–Kier alpha value is -2.95. The van der Waals surface area contributed by atoms with E-state index in [1.807, 2.05) is 42.6 Å². The summed E-state index contributed by atoms with van der Waals surface area (Å²) in [4.78, 5) is 15.4. The van der Waals surface area contributed by atoms with Crippen LogP contribution in [0, 0.1) is 0 Å². The van der Waals surface area contributed by atoms with Crippen molar-refractivity contribution >= 4 is 16.8 Å². The largest absolute Gasteiger partial charge is 0.497 e. The average molecular weight is 324 g/mol. The molecular formula is C19H20N2O3. The summed E-state index contributed by atoms with van der Waals surface area (Å²) in [5.74, 6) is 1.38. The lowest BCUT2D eigenvalue weighted by atomic mass is 10.1. The second-order valence-electron chi connectivity index (χ2n) is 5.53. The zero-order chi connectivity index (χ0) is 16.9. The Balaban J connectivity index is 1.65. The van der Waals surface area contributed by atoms with Crippen LogP contribution >= 0.6 is 0 Å². The number of ether oxygens (including phenoxy) is 2. The van der Waals surface area contributed by atoms with Gasteiger partial charge in [-0.15, -0.1) is 0 Å². The molecule has 3 rings (SSSR count). The van der Waals surface area contributed by atoms with Gasteiger partial charge in [-0.05, 0) is 29.3 Å². The van der Waals surface area contributed by atoms with Gasteiger partial charge in [-0.2, -0.15) is 0 Å². The van der Waals surface area contributed by atoms with Crippen molar-refractivity contribution in [1.82, 2.24) is 10.3 Å². The number of hydrogen-bond donors (Lipinski definition) is 2. The van der Waals surface area contributed by atoms with Gasteiger partial charge in [0, 0.05) is 29.7 Å². The first-order valence-corrected chi connectivity index (χ1v) is 7.73. The lowest BCUT2D eigenvalue weighted by Crippen LogP contribution is -2.24. The third kappa shape index (κ3) is 3.51. The highest BCUT2D eigenvalue weighted by Gasteiger charge is 2.09. The quantitative estimate of drug-likeness (QED) is 0.732. The van der Waals surface area contributed by atoms with Gasteiger partial charge >= 0.3 is 0 Å². The van der Waals surface area contributed by atoms with E-state index < -0.39 is 0 Å². The molecule has 1 amide bonds. The maximum Gasteiger partial charge on any atom is 0.224 e. The molecule has 5 heteroatoms. The van der Waals surface area contributed by atoms with Crippen molar-refractivity contribution in [3.8, 4) is 11.5 Å². The Morgan fingerprint density at radius 1 is 1.08 bits per heavy atom. The molecule has 2 aromatic carbocycles. The van der Waals surface area contributed by atoms with Crippen LogP contribution in [0.15, 0.2) is 48.7 Å². The molecule has 0 saturated carbocycles. The molecule has 0 saturated heterocycles. The van der Waals surface area contributed by atoms with E-state index in [2.05, 4.69) is 10.3 Å². The second kappa shape index (κ2) is 7.08. The highest BCUT2D eigenvalue weighted by atomic mass is 16.5. The smallest absolute Gasteiger partial charge is 0.224 e. The van der Waals surface area contributed by atoms with Gasteiger partial charge in [-0.1, -0.05) is 18.2 Å². The summed E-state index contributed by atoms with van der Waals surface area (Å²) in [7, 11) is 3.21. The predicted octanol–water partition coefficient (Wildman–Crippen LogP) is 3.04. The van der Waals surface area contributed by atoms with E-state index >= 15 is 0 Å². The van der Waals surface area contributed by atoms with E-state index in [1.165, 1.54) is 0 Å². The van der Waals surface area contributed by atoms with Crippen LogP contribution in [0.2, 0.25) is 0 Å². The highest BCUT2D eigenvalue weighted by molar-refractivity contribution is 5.88. The van der Waals surface area contributed by atoms with Crippen LogP contribution in [-0.2, 0) is 17.8 Å². The lowest BCUT2D eigenvalue weighted by Gasteiger charge is -2.09. The summed E-state index contributed by atoms with van der Waals surface area (Å²) in [5, 5.41) is 4.02. The summed E-state index contributed by atoms with van der Waals surface area (Å²) in [6.07, 6.45) is 2.23. The number of carbonyl (C=O) groups is 1. The molecule has 1 aromatic heterocycles. The summed E-state index contributed by atoms with van der Waals surface area (Å²) < 4.78 is 10.5. The first-order chi connectivity index (χ1) is 11.7. The van der Waals surface area contributed by atoms with E-state index in [1.54, 1.807) is 20.3 Å². The number of rotatable bonds is 6. The minimum Gasteiger partial charge on any atom is -0.497 e. The number of H-pyrrole nitrogens is 1. The molecule has 0 bridgehead atoms. The van der Waals surface area contributed by atoms with Gasteiger partial charge in [0.05, 0.1) is 20.6 Å². The highest BCUT2D eigenvalue weighted by Crippen LogP contribution is 2.22. The fraction of sp³-hybridized carbons (Fsp3) is 0.211. The standard InChI is InChI=1S/C19H20N2O3/c1-23-15-7-13(8-16(10-15)24-2)11-21-19(22)9-14-12-20-18-6-4-3-5-17(14)18/h3-8,10,12,20H,9,11H2,1-2H3,(H,21,22). The molecule has 24 heavy (non-hydrogen) atoms. The van der Waals surface area contributed by atoms with Crippen LogP contribution in [0.5, 0.6) is 11.5 Å². The van der Waals surface area contributed by atoms with Gasteiger partial charge in [0.15, 0.2) is 0 Å². The van der Waals surface area contributed by atoms with Crippen molar-refractivity contribution in [3.05, 3.63) is 59.8 Å². The predicted molar refractivity (Wildman–Crippen MR) is 93.4 cm³/mol. The van der Waals surface area contributed by atoms with Gasteiger partial charge in [-0.3, -0.25) is 4.79 Å². The Kier molecular flexibility index (Phi) is 4.70. The zero-order valence-electron chi connectivity index (χ0n) is 13.8. The molecule has 0 spiro atoms. The third-order valence-electron chi connectivity index (χ3n) is 3.93. The topological polar surface area (TPSA) is 63.3 Å². The number of para-hydroxylation sites is 1. The number of amides is 1. The van der Waals surface area contributed by atoms with E-state index in [-0.39, 0.29) is 5.91 Å². The molecule has 0 aliphatic heterocycles. The number of aromatic nitrogens is 1. The van der Waals surface area contributed by atoms with E-state index in [0.717, 1.165) is 22.0 Å². The van der Waals surface area contributed by atoms with Crippen molar-refractivity contribution in [2.24, 2.45) is 0 Å². The number of hydrogen-bond acceptors (Lipinski definition) is 3. The minimum atomic E-state index is -0.0264. The molecule has 0 aliphatic rings. The SMILES string of the molecule is COc1cc(CNC(=O)Cc2c[nH]c3ccccc23)cc(OC)c1. The van der Waals surface area contributed by atoms with Crippen LogP contribution in [-0.4, -0.2) is 25.1 Å². The van der Waals surface area contributed by atoms with Crippen LogP contribution in [0.3, 0.4) is 0 Å². The molecule has 5 nitrogen and oxygen atoms in total. The second-order valence-corrected chi connectivity index (χ2v) is 5.53. The van der Waals surface area contributed by atoms with E-state index in [4.69, 9.17) is 9.47 Å². The van der Waals surface area contributed by atoms with Crippen LogP contribution < -0.4 is 14.8 Å². The number of carbonyl (C=O) groups excluding carboxylic acids is 1. The van der Waals surface area contributed by atoms with Crippen LogP contribution in [0.25, 0.3) is 10.9 Å². The molecule has 2 N–H and O–H groups in total. The molecule has 3 aromatic rings. The lowest BCUT2D eigenvalue weighted by molar-refractivity contribution is -0.120. The maximum atomic E-state index is 12.2. The van der Waals surface area contributed by atoms with Gasteiger partial charge in [-0.25, -0.2) is 0 Å². The summed E-state index contributed by atoms with van der Waals surface area (Å²) in [6, 6.07) is 13.5. The molecule has 0 fully saturated rings. The van der Waals surface area contributed by atoms with Crippen molar-refractivity contribution in [2.45, 2.75) is 13.0 Å². The van der Waals surface area contributed by atoms with Gasteiger partial charge in [0.2, 0.25) is 5.91 Å². The number of fused-ring (bicyclic) bond motifs is 1. The fourth-order valence-electron chi connectivity index (χ4n) is 2.68. The summed E-state index contributed by atoms with van der Waals surface area (Å²) in [5.41, 5.74) is 2.96. The van der Waals surface area contributed by atoms with E-state index in [9.17, 15) is 4.79 Å². The molecular weight excluding hydrogens is 304 g/mol. The van der Waals surface area contributed by atoms with Gasteiger partial charge in [0.25, 0.3) is 0 Å². The van der Waals surface area contributed by atoms with Crippen molar-refractivity contribution < 1.29 is 14.3 Å². The Labute approximate surface area is 140 Å². The number of aromatic amines is 1. The molecule has 0 unspecified atom stereocenters. The van der Waals surface area contributed by atoms with Crippen LogP contribution in [0.1, 0.15) is 11.1 Å². The third-order valence-corrected chi connectivity index (χ3v) is 3.93. The molecule has 124 valence electrons. The van der Waals surface area contributed by atoms with Crippen molar-refractivity contribution in [1.29, 1.82) is 0 Å². The molecule has 0 aliphatic carbocycles. The first kappa shape index (κ1) is 15.9. The number of benzene rings is 2. The Bertz CT molecular complexity index is 832. The Morgan fingerprint density at radius 2 is 1.79 bits per heavy atom. The normalized spacial score (nSPS) is 10.6. The Morgan fingerprint density at radius 3 is 2.50 bits per heavy atom. The van der Waals surface area contributed by atoms with Gasteiger partial charge in [0.1, 0.15) is 11.5 Å². The number of methoxy groups -OCH3 is 2. The summed E-state index contributed by atoms with van der Waals surface area (Å²) >= 11 is 0. The van der Waals surface area contributed by atoms with E-state index in [0.29, 0.717) is 24.5 Å². The van der Waals surface area contributed by atoms with Gasteiger partial charge < -0.3 is 19.8 Å². The zero-order valence-corrected chi connectivity index (χ0v) is 13.8. The number of nitrogens with one attached hydrogen (secondary N) is 2. The molecule has 0 atom stereocenters. The maximum absolute atomic E-state index is 12.2. The van der Waals surface area contributed by atoms with Crippen molar-refractivity contribution in [2.75, 3.05) is 14.2 Å².